The van der Waals surface area contributed by atoms with E-state index in [9.17, 15) is 13.2 Å². The highest BCUT2D eigenvalue weighted by molar-refractivity contribution is 5.38. The molecule has 20 heavy (non-hydrogen) atoms. The zero-order chi connectivity index (χ0) is 14.8. The topological polar surface area (TPSA) is 39.9 Å². The Morgan fingerprint density at radius 1 is 1.25 bits per heavy atom. The maximum atomic E-state index is 12.7. The Kier molecular flexibility index (Phi) is 3.96. The van der Waals surface area contributed by atoms with Crippen LogP contribution in [0.2, 0.25) is 0 Å². The minimum absolute atomic E-state index is 0.409. The SMILES string of the molecule is COc1ccc(C(F)(F)F)cc1CCc1cn(C)nn1. The van der Waals surface area contributed by atoms with E-state index in [2.05, 4.69) is 10.3 Å². The predicted octanol–water partition coefficient (Wildman–Crippen LogP) is 2.63. The summed E-state index contributed by atoms with van der Waals surface area (Å²) in [5.41, 5.74) is 0.562. The van der Waals surface area contributed by atoms with Crippen molar-refractivity contribution in [3.63, 3.8) is 0 Å². The standard InChI is InChI=1S/C13H14F3N3O/c1-19-8-11(17-18-19)5-3-9-7-10(13(14,15)16)4-6-12(9)20-2/h4,6-8H,3,5H2,1-2H3. The minimum Gasteiger partial charge on any atom is -0.496 e. The van der Waals surface area contributed by atoms with E-state index in [4.69, 9.17) is 4.74 Å². The van der Waals surface area contributed by atoms with Gasteiger partial charge in [0.1, 0.15) is 5.75 Å². The van der Waals surface area contributed by atoms with E-state index in [1.807, 2.05) is 0 Å². The van der Waals surface area contributed by atoms with E-state index in [-0.39, 0.29) is 0 Å². The number of aromatic nitrogens is 3. The molecule has 0 fully saturated rings. The first kappa shape index (κ1) is 14.4. The summed E-state index contributed by atoms with van der Waals surface area (Å²) >= 11 is 0. The summed E-state index contributed by atoms with van der Waals surface area (Å²) in [6.07, 6.45) is -1.70. The number of ether oxygens (including phenoxy) is 1. The van der Waals surface area contributed by atoms with Crippen molar-refractivity contribution in [2.24, 2.45) is 7.05 Å². The lowest BCUT2D eigenvalue weighted by molar-refractivity contribution is -0.137. The molecule has 4 nitrogen and oxygen atoms in total. The molecule has 0 N–H and O–H groups in total. The van der Waals surface area contributed by atoms with Crippen LogP contribution in [0.15, 0.2) is 24.4 Å². The van der Waals surface area contributed by atoms with Gasteiger partial charge in [0.2, 0.25) is 0 Å². The highest BCUT2D eigenvalue weighted by Gasteiger charge is 2.31. The lowest BCUT2D eigenvalue weighted by Crippen LogP contribution is -2.06. The van der Waals surface area contributed by atoms with E-state index in [0.29, 0.717) is 24.2 Å². The lowest BCUT2D eigenvalue weighted by atomic mass is 10.0. The molecule has 1 heterocycles. The number of benzene rings is 1. The van der Waals surface area contributed by atoms with Crippen LogP contribution < -0.4 is 4.74 Å². The van der Waals surface area contributed by atoms with Gasteiger partial charge in [-0.3, -0.25) is 4.68 Å². The number of halogens is 3. The van der Waals surface area contributed by atoms with Gasteiger partial charge in [-0.1, -0.05) is 5.21 Å². The summed E-state index contributed by atoms with van der Waals surface area (Å²) < 4.78 is 44.8. The van der Waals surface area contributed by atoms with Crippen LogP contribution >= 0.6 is 0 Å². The molecular formula is C13H14F3N3O. The Morgan fingerprint density at radius 3 is 2.55 bits per heavy atom. The number of methoxy groups -OCH3 is 1. The highest BCUT2D eigenvalue weighted by Crippen LogP contribution is 2.32. The third kappa shape index (κ3) is 3.28. The third-order valence-electron chi connectivity index (χ3n) is 2.91. The summed E-state index contributed by atoms with van der Waals surface area (Å²) in [5.74, 6) is 0.446. The molecule has 0 aliphatic heterocycles. The third-order valence-corrected chi connectivity index (χ3v) is 2.91. The van der Waals surface area contributed by atoms with Crippen LogP contribution in [0.1, 0.15) is 16.8 Å². The van der Waals surface area contributed by atoms with Crippen LogP contribution in [0.5, 0.6) is 5.75 Å². The summed E-state index contributed by atoms with van der Waals surface area (Å²) in [7, 11) is 3.18. The van der Waals surface area contributed by atoms with E-state index in [0.717, 1.165) is 17.8 Å². The molecule has 0 unspecified atom stereocenters. The van der Waals surface area contributed by atoms with Crippen molar-refractivity contribution in [3.05, 3.63) is 41.2 Å². The molecule has 0 radical (unpaired) electrons. The van der Waals surface area contributed by atoms with Gasteiger partial charge in [0.15, 0.2) is 0 Å². The first-order chi connectivity index (χ1) is 9.40. The van der Waals surface area contributed by atoms with Gasteiger partial charge in [-0.2, -0.15) is 13.2 Å². The second kappa shape index (κ2) is 5.52. The van der Waals surface area contributed by atoms with Gasteiger partial charge >= 0.3 is 6.18 Å². The molecule has 0 saturated heterocycles. The van der Waals surface area contributed by atoms with Crippen LogP contribution in [0.3, 0.4) is 0 Å². The smallest absolute Gasteiger partial charge is 0.416 e. The van der Waals surface area contributed by atoms with Crippen molar-refractivity contribution < 1.29 is 17.9 Å². The largest absolute Gasteiger partial charge is 0.496 e. The van der Waals surface area contributed by atoms with Gasteiger partial charge in [-0.25, -0.2) is 0 Å². The van der Waals surface area contributed by atoms with Crippen molar-refractivity contribution in [2.75, 3.05) is 7.11 Å². The van der Waals surface area contributed by atoms with Gasteiger partial charge in [0.25, 0.3) is 0 Å². The fourth-order valence-corrected chi connectivity index (χ4v) is 1.92. The van der Waals surface area contributed by atoms with Crippen molar-refractivity contribution in [2.45, 2.75) is 19.0 Å². The van der Waals surface area contributed by atoms with Crippen LogP contribution in [-0.2, 0) is 26.1 Å². The van der Waals surface area contributed by atoms with Gasteiger partial charge < -0.3 is 4.74 Å². The van der Waals surface area contributed by atoms with Gasteiger partial charge in [0.05, 0.1) is 18.4 Å². The van der Waals surface area contributed by atoms with Crippen LogP contribution in [-0.4, -0.2) is 22.1 Å². The summed E-state index contributed by atoms with van der Waals surface area (Å²) in [6.45, 7) is 0. The minimum atomic E-state index is -4.35. The molecular weight excluding hydrogens is 271 g/mol. The van der Waals surface area contributed by atoms with Crippen LogP contribution in [0.25, 0.3) is 0 Å². The molecule has 0 atom stereocenters. The second-order valence-electron chi connectivity index (χ2n) is 4.41. The summed E-state index contributed by atoms with van der Waals surface area (Å²) in [6, 6.07) is 3.48. The molecule has 0 bridgehead atoms. The quantitative estimate of drug-likeness (QED) is 0.867. The second-order valence-corrected chi connectivity index (χ2v) is 4.41. The first-order valence-electron chi connectivity index (χ1n) is 5.99. The molecule has 0 saturated carbocycles. The Bertz CT molecular complexity index is 593. The zero-order valence-corrected chi connectivity index (χ0v) is 11.1. The molecule has 2 aromatic rings. The van der Waals surface area contributed by atoms with Gasteiger partial charge in [0, 0.05) is 13.2 Å². The molecule has 108 valence electrons. The Morgan fingerprint density at radius 2 is 2.00 bits per heavy atom. The predicted molar refractivity (Wildman–Crippen MR) is 66.4 cm³/mol. The van der Waals surface area contributed by atoms with Gasteiger partial charge in [-0.15, -0.1) is 5.10 Å². The average Bonchev–Trinajstić information content (AvgIpc) is 2.80. The number of nitrogens with zero attached hydrogens (tertiary/aromatic N) is 3. The highest BCUT2D eigenvalue weighted by atomic mass is 19.4. The number of aryl methyl sites for hydroxylation is 3. The first-order valence-corrected chi connectivity index (χ1v) is 5.99. The number of alkyl halides is 3. The molecule has 7 heteroatoms. The average molecular weight is 285 g/mol. The fourth-order valence-electron chi connectivity index (χ4n) is 1.92. The van der Waals surface area contributed by atoms with Crippen molar-refractivity contribution in [3.8, 4) is 5.75 Å². The molecule has 0 aliphatic rings. The number of hydrogen-bond acceptors (Lipinski definition) is 3. The molecule has 1 aromatic heterocycles. The van der Waals surface area contributed by atoms with Crippen molar-refractivity contribution >= 4 is 0 Å². The number of rotatable bonds is 4. The summed E-state index contributed by atoms with van der Waals surface area (Å²) in [4.78, 5) is 0. The number of hydrogen-bond donors (Lipinski definition) is 0. The monoisotopic (exact) mass is 285 g/mol. The molecule has 0 spiro atoms. The van der Waals surface area contributed by atoms with E-state index in [1.54, 1.807) is 17.9 Å². The van der Waals surface area contributed by atoms with E-state index >= 15 is 0 Å². The lowest BCUT2D eigenvalue weighted by Gasteiger charge is -2.12. The maximum absolute atomic E-state index is 12.7. The molecule has 0 aliphatic carbocycles. The van der Waals surface area contributed by atoms with Gasteiger partial charge in [-0.05, 0) is 36.6 Å². The fraction of sp³-hybridized carbons (Fsp3) is 0.385. The van der Waals surface area contributed by atoms with E-state index < -0.39 is 11.7 Å². The Balaban J connectivity index is 2.20. The maximum Gasteiger partial charge on any atom is 0.416 e. The Hall–Kier alpha value is -2.05. The van der Waals surface area contributed by atoms with Crippen LogP contribution in [0.4, 0.5) is 13.2 Å². The molecule has 0 amide bonds. The summed E-state index contributed by atoms with van der Waals surface area (Å²) in [5, 5.41) is 7.69. The Labute approximate surface area is 114 Å². The molecule has 2 rings (SSSR count). The van der Waals surface area contributed by atoms with Crippen molar-refractivity contribution in [1.29, 1.82) is 0 Å². The normalized spacial score (nSPS) is 11.7. The zero-order valence-electron chi connectivity index (χ0n) is 11.1. The van der Waals surface area contributed by atoms with Crippen LogP contribution in [0, 0.1) is 0 Å². The van der Waals surface area contributed by atoms with Crippen molar-refractivity contribution in [1.82, 2.24) is 15.0 Å². The van der Waals surface area contributed by atoms with E-state index in [1.165, 1.54) is 13.2 Å². The molecule has 1 aromatic carbocycles.